The Hall–Kier alpha value is -3.08. The molecule has 0 saturated heterocycles. The van der Waals surface area contributed by atoms with Crippen LogP contribution in [0.2, 0.25) is 10.0 Å². The Morgan fingerprint density at radius 1 is 1.17 bits per heavy atom. The quantitative estimate of drug-likeness (QED) is 0.370. The van der Waals surface area contributed by atoms with Gasteiger partial charge in [-0.1, -0.05) is 35.3 Å². The summed E-state index contributed by atoms with van der Waals surface area (Å²) < 4.78 is 49.9. The van der Waals surface area contributed by atoms with E-state index in [-0.39, 0.29) is 39.3 Å². The Kier molecular flexibility index (Phi) is 8.42. The lowest BCUT2D eigenvalue weighted by molar-refractivity contribution is 0.0946. The second-order valence-corrected chi connectivity index (χ2v) is 10.0. The van der Waals surface area contributed by atoms with Crippen molar-refractivity contribution in [1.29, 1.82) is 0 Å². The van der Waals surface area contributed by atoms with Crippen LogP contribution in [0.25, 0.3) is 0 Å². The summed E-state index contributed by atoms with van der Waals surface area (Å²) in [6.45, 7) is 1.80. The van der Waals surface area contributed by atoms with Crippen LogP contribution in [0, 0.1) is 5.82 Å². The second-order valence-electron chi connectivity index (χ2n) is 7.50. The Balaban J connectivity index is 1.74. The molecule has 0 saturated carbocycles. The molecule has 12 heteroatoms. The summed E-state index contributed by atoms with van der Waals surface area (Å²) in [5.41, 5.74) is 1.53. The number of carbonyl (C=O) groups excluding carboxylic acids is 1. The summed E-state index contributed by atoms with van der Waals surface area (Å²) >= 11 is 12.2. The van der Waals surface area contributed by atoms with Crippen LogP contribution in [0.4, 0.5) is 10.1 Å². The molecule has 0 aliphatic rings. The SMILES string of the molecule is COc1ncc(O[C@H](C)c2c(Cl)ccc(F)c2Cl)cc1C(=O)NCc1ccc(NS(C)(=O)=O)cc1. The van der Waals surface area contributed by atoms with Gasteiger partial charge in [-0.05, 0) is 42.8 Å². The van der Waals surface area contributed by atoms with Gasteiger partial charge >= 0.3 is 0 Å². The highest BCUT2D eigenvalue weighted by atomic mass is 35.5. The van der Waals surface area contributed by atoms with Crippen molar-refractivity contribution < 1.29 is 27.1 Å². The highest BCUT2D eigenvalue weighted by molar-refractivity contribution is 7.92. The molecule has 1 heterocycles. The maximum Gasteiger partial charge on any atom is 0.257 e. The third-order valence-corrected chi connectivity index (χ3v) is 6.09. The number of pyridine rings is 1. The molecule has 1 atom stereocenters. The van der Waals surface area contributed by atoms with Gasteiger partial charge in [0.2, 0.25) is 15.9 Å². The van der Waals surface area contributed by atoms with Crippen LogP contribution in [-0.2, 0) is 16.6 Å². The molecule has 1 amide bonds. The first-order valence-electron chi connectivity index (χ1n) is 10.2. The molecule has 35 heavy (non-hydrogen) atoms. The summed E-state index contributed by atoms with van der Waals surface area (Å²) in [4.78, 5) is 17.0. The molecule has 0 aliphatic heterocycles. The first-order chi connectivity index (χ1) is 16.5. The van der Waals surface area contributed by atoms with Crippen molar-refractivity contribution in [1.82, 2.24) is 10.3 Å². The van der Waals surface area contributed by atoms with Gasteiger partial charge < -0.3 is 14.8 Å². The van der Waals surface area contributed by atoms with E-state index in [1.807, 2.05) is 0 Å². The first kappa shape index (κ1) is 26.5. The molecule has 3 aromatic rings. The van der Waals surface area contributed by atoms with E-state index in [2.05, 4.69) is 15.0 Å². The molecule has 2 N–H and O–H groups in total. The van der Waals surface area contributed by atoms with E-state index in [0.717, 1.165) is 17.9 Å². The number of ether oxygens (including phenoxy) is 2. The van der Waals surface area contributed by atoms with Crippen molar-refractivity contribution in [2.24, 2.45) is 0 Å². The first-order valence-corrected chi connectivity index (χ1v) is 12.8. The largest absolute Gasteiger partial charge is 0.484 e. The second kappa shape index (κ2) is 11.1. The van der Waals surface area contributed by atoms with E-state index in [9.17, 15) is 17.6 Å². The van der Waals surface area contributed by atoms with Crippen molar-refractivity contribution in [3.63, 3.8) is 0 Å². The van der Waals surface area contributed by atoms with Crippen LogP contribution in [0.15, 0.2) is 48.7 Å². The lowest BCUT2D eigenvalue weighted by Crippen LogP contribution is -2.23. The number of nitrogens with one attached hydrogen (secondary N) is 2. The summed E-state index contributed by atoms with van der Waals surface area (Å²) in [6, 6.07) is 10.5. The molecular formula is C23H22Cl2FN3O5S. The van der Waals surface area contributed by atoms with Gasteiger partial charge in [-0.15, -0.1) is 0 Å². The topological polar surface area (TPSA) is 107 Å². The highest BCUT2D eigenvalue weighted by Gasteiger charge is 2.21. The monoisotopic (exact) mass is 541 g/mol. The fourth-order valence-corrected chi connectivity index (χ4v) is 4.43. The van der Waals surface area contributed by atoms with Gasteiger partial charge in [0.05, 0.1) is 24.6 Å². The van der Waals surface area contributed by atoms with Crippen molar-refractivity contribution in [3.8, 4) is 11.6 Å². The molecule has 3 rings (SSSR count). The molecule has 186 valence electrons. The molecule has 0 unspecified atom stereocenters. The van der Waals surface area contributed by atoms with E-state index in [4.69, 9.17) is 32.7 Å². The minimum atomic E-state index is -3.38. The Morgan fingerprint density at radius 2 is 1.86 bits per heavy atom. The average Bonchev–Trinajstić information content (AvgIpc) is 2.80. The smallest absolute Gasteiger partial charge is 0.257 e. The summed E-state index contributed by atoms with van der Waals surface area (Å²) in [7, 11) is -2.01. The zero-order chi connectivity index (χ0) is 25.8. The van der Waals surface area contributed by atoms with Crippen LogP contribution in [0.1, 0.15) is 34.5 Å². The van der Waals surface area contributed by atoms with Crippen LogP contribution in [0.3, 0.4) is 0 Å². The van der Waals surface area contributed by atoms with Gasteiger partial charge in [-0.2, -0.15) is 0 Å². The minimum absolute atomic E-state index is 0.0806. The van der Waals surface area contributed by atoms with Crippen molar-refractivity contribution in [2.75, 3.05) is 18.1 Å². The number of rotatable bonds is 9. The van der Waals surface area contributed by atoms with E-state index in [0.29, 0.717) is 5.69 Å². The maximum absolute atomic E-state index is 13.9. The summed E-state index contributed by atoms with van der Waals surface area (Å²) in [5.74, 6) is -0.810. The third-order valence-electron chi connectivity index (χ3n) is 4.77. The maximum atomic E-state index is 13.9. The number of sulfonamides is 1. The zero-order valence-electron chi connectivity index (χ0n) is 18.9. The predicted molar refractivity (Wildman–Crippen MR) is 132 cm³/mol. The number of anilines is 1. The van der Waals surface area contributed by atoms with Crippen LogP contribution < -0.4 is 19.5 Å². The van der Waals surface area contributed by atoms with Gasteiger partial charge in [0.25, 0.3) is 5.91 Å². The number of halogens is 3. The number of aromatic nitrogens is 1. The molecule has 8 nitrogen and oxygen atoms in total. The number of hydrogen-bond donors (Lipinski definition) is 2. The average molecular weight is 542 g/mol. The lowest BCUT2D eigenvalue weighted by Gasteiger charge is -2.18. The van der Waals surface area contributed by atoms with E-state index >= 15 is 0 Å². The number of hydrogen-bond acceptors (Lipinski definition) is 6. The number of nitrogens with zero attached hydrogens (tertiary/aromatic N) is 1. The number of amides is 1. The molecular weight excluding hydrogens is 520 g/mol. The van der Waals surface area contributed by atoms with Crippen LogP contribution in [-0.4, -0.2) is 32.7 Å². The molecule has 0 aliphatic carbocycles. The number of carbonyl (C=O) groups is 1. The standard InChI is InChI=1S/C23H22Cl2FN3O5S/c1-13(20-18(24)8-9-19(26)21(20)25)34-16-10-17(23(33-2)28-12-16)22(30)27-11-14-4-6-15(7-5-14)29-35(3,31)32/h4-10,12-13,29H,11H2,1-3H3,(H,27,30)/t13-/m1/s1. The summed E-state index contributed by atoms with van der Waals surface area (Å²) in [6.07, 6.45) is 1.68. The lowest BCUT2D eigenvalue weighted by atomic mass is 10.1. The summed E-state index contributed by atoms with van der Waals surface area (Å²) in [5, 5.41) is 2.84. The Morgan fingerprint density at radius 3 is 2.49 bits per heavy atom. The zero-order valence-corrected chi connectivity index (χ0v) is 21.3. The minimum Gasteiger partial charge on any atom is -0.484 e. The molecule has 0 radical (unpaired) electrons. The van der Waals surface area contributed by atoms with E-state index in [1.165, 1.54) is 25.4 Å². The Bertz CT molecular complexity index is 1340. The predicted octanol–water partition coefficient (Wildman–Crippen LogP) is 4.98. The third kappa shape index (κ3) is 6.97. The van der Waals surface area contributed by atoms with Crippen LogP contribution in [0.5, 0.6) is 11.6 Å². The van der Waals surface area contributed by atoms with E-state index < -0.39 is 27.9 Å². The normalized spacial score (nSPS) is 12.1. The van der Waals surface area contributed by atoms with Gasteiger partial charge in [0.15, 0.2) is 0 Å². The molecule has 0 bridgehead atoms. The number of benzene rings is 2. The van der Waals surface area contributed by atoms with Gasteiger partial charge in [-0.25, -0.2) is 17.8 Å². The van der Waals surface area contributed by atoms with E-state index in [1.54, 1.807) is 31.2 Å². The molecule has 2 aromatic carbocycles. The number of methoxy groups -OCH3 is 1. The van der Waals surface area contributed by atoms with Gasteiger partial charge in [0, 0.05) is 22.8 Å². The van der Waals surface area contributed by atoms with Crippen molar-refractivity contribution in [3.05, 3.63) is 81.2 Å². The Labute approximate surface area is 212 Å². The molecule has 1 aromatic heterocycles. The molecule has 0 fully saturated rings. The van der Waals surface area contributed by atoms with Gasteiger partial charge in [-0.3, -0.25) is 9.52 Å². The van der Waals surface area contributed by atoms with Crippen molar-refractivity contribution >= 4 is 44.8 Å². The van der Waals surface area contributed by atoms with Crippen molar-refractivity contribution in [2.45, 2.75) is 19.6 Å². The van der Waals surface area contributed by atoms with Gasteiger partial charge in [0.1, 0.15) is 23.2 Å². The fraction of sp³-hybridized carbons (Fsp3) is 0.217. The van der Waals surface area contributed by atoms with Crippen LogP contribution >= 0.6 is 23.2 Å². The molecule has 0 spiro atoms. The fourth-order valence-electron chi connectivity index (χ4n) is 3.18. The highest BCUT2D eigenvalue weighted by Crippen LogP contribution is 2.35.